The molecular formula is C14H14ClFN2OS. The minimum atomic E-state index is -0.346. The molecule has 1 aliphatic carbocycles. The van der Waals surface area contributed by atoms with Crippen LogP contribution in [0.3, 0.4) is 0 Å². The van der Waals surface area contributed by atoms with Gasteiger partial charge in [0.15, 0.2) is 5.13 Å². The van der Waals surface area contributed by atoms with E-state index in [1.165, 1.54) is 42.0 Å². The fourth-order valence-corrected chi connectivity index (χ4v) is 3.22. The van der Waals surface area contributed by atoms with Crippen molar-refractivity contribution in [3.63, 3.8) is 0 Å². The second-order valence-electron chi connectivity index (χ2n) is 4.56. The van der Waals surface area contributed by atoms with Crippen LogP contribution < -0.4 is 5.32 Å². The molecule has 0 saturated carbocycles. The molecule has 1 aromatic carbocycles. The van der Waals surface area contributed by atoms with Crippen LogP contribution >= 0.6 is 23.7 Å². The Hall–Kier alpha value is -1.46. The Balaban J connectivity index is 0.00000147. The van der Waals surface area contributed by atoms with Crippen LogP contribution in [-0.4, -0.2) is 10.9 Å². The van der Waals surface area contributed by atoms with E-state index in [4.69, 9.17) is 0 Å². The molecule has 1 aliphatic rings. The number of hydrogen-bond acceptors (Lipinski definition) is 3. The number of rotatable bonds is 2. The summed E-state index contributed by atoms with van der Waals surface area (Å²) in [6, 6.07) is 5.50. The van der Waals surface area contributed by atoms with E-state index in [1.807, 2.05) is 0 Å². The van der Waals surface area contributed by atoms with Crippen LogP contribution in [0.15, 0.2) is 24.3 Å². The van der Waals surface area contributed by atoms with Gasteiger partial charge in [0.25, 0.3) is 5.91 Å². The highest BCUT2D eigenvalue weighted by molar-refractivity contribution is 7.15. The lowest BCUT2D eigenvalue weighted by Gasteiger charge is -2.06. The summed E-state index contributed by atoms with van der Waals surface area (Å²) >= 11 is 1.54. The highest BCUT2D eigenvalue weighted by Crippen LogP contribution is 2.29. The molecule has 0 unspecified atom stereocenters. The average molecular weight is 313 g/mol. The molecule has 6 heteroatoms. The van der Waals surface area contributed by atoms with Crippen molar-refractivity contribution in [2.45, 2.75) is 25.7 Å². The number of fused-ring (bicyclic) bond motifs is 1. The Morgan fingerprint density at radius 1 is 1.20 bits per heavy atom. The molecule has 0 saturated heterocycles. The van der Waals surface area contributed by atoms with Gasteiger partial charge in [-0.25, -0.2) is 9.37 Å². The molecule has 0 radical (unpaired) electrons. The third kappa shape index (κ3) is 3.16. The Morgan fingerprint density at radius 3 is 2.60 bits per heavy atom. The van der Waals surface area contributed by atoms with Crippen LogP contribution in [0.5, 0.6) is 0 Å². The molecule has 2 aromatic rings. The molecule has 1 N–H and O–H groups in total. The normalized spacial score (nSPS) is 13.2. The molecule has 106 valence electrons. The lowest BCUT2D eigenvalue weighted by atomic mass is 10.0. The molecule has 0 aliphatic heterocycles. The zero-order valence-corrected chi connectivity index (χ0v) is 12.3. The van der Waals surface area contributed by atoms with Crippen molar-refractivity contribution >= 4 is 34.8 Å². The predicted octanol–water partition coefficient (Wildman–Crippen LogP) is 3.84. The maximum atomic E-state index is 12.8. The summed E-state index contributed by atoms with van der Waals surface area (Å²) in [6.07, 6.45) is 4.42. The van der Waals surface area contributed by atoms with E-state index in [1.54, 1.807) is 11.3 Å². The van der Waals surface area contributed by atoms with E-state index in [0.29, 0.717) is 10.7 Å². The second kappa shape index (κ2) is 6.33. The third-order valence-corrected chi connectivity index (χ3v) is 4.25. The molecular weight excluding hydrogens is 299 g/mol. The Bertz CT molecular complexity index is 589. The largest absolute Gasteiger partial charge is 0.298 e. The maximum absolute atomic E-state index is 12.8. The molecule has 20 heavy (non-hydrogen) atoms. The quantitative estimate of drug-likeness (QED) is 0.915. The molecule has 0 atom stereocenters. The monoisotopic (exact) mass is 312 g/mol. The Labute approximate surface area is 126 Å². The zero-order valence-electron chi connectivity index (χ0n) is 10.7. The van der Waals surface area contributed by atoms with E-state index < -0.39 is 0 Å². The van der Waals surface area contributed by atoms with Gasteiger partial charge in [-0.15, -0.1) is 23.7 Å². The molecule has 1 heterocycles. The van der Waals surface area contributed by atoms with E-state index in [9.17, 15) is 9.18 Å². The van der Waals surface area contributed by atoms with Crippen LogP contribution in [0.4, 0.5) is 9.52 Å². The molecule has 1 amide bonds. The minimum absolute atomic E-state index is 0. The fraction of sp³-hybridized carbons (Fsp3) is 0.286. The number of aromatic nitrogens is 1. The summed E-state index contributed by atoms with van der Waals surface area (Å²) in [5.41, 5.74) is 1.56. The fourth-order valence-electron chi connectivity index (χ4n) is 2.18. The van der Waals surface area contributed by atoms with E-state index in [2.05, 4.69) is 10.3 Å². The van der Waals surface area contributed by atoms with Gasteiger partial charge in [-0.3, -0.25) is 10.1 Å². The molecule has 1 aromatic heterocycles. The maximum Gasteiger partial charge on any atom is 0.257 e. The lowest BCUT2D eigenvalue weighted by Crippen LogP contribution is -2.11. The van der Waals surface area contributed by atoms with Crippen molar-refractivity contribution in [1.29, 1.82) is 0 Å². The number of anilines is 1. The van der Waals surface area contributed by atoms with Crippen LogP contribution in [0.2, 0.25) is 0 Å². The first-order valence-corrected chi connectivity index (χ1v) is 7.09. The minimum Gasteiger partial charge on any atom is -0.298 e. The highest BCUT2D eigenvalue weighted by Gasteiger charge is 2.16. The summed E-state index contributed by atoms with van der Waals surface area (Å²) in [5, 5.41) is 3.42. The molecule has 3 rings (SSSR count). The number of thiazole rings is 1. The first kappa shape index (κ1) is 14.9. The lowest BCUT2D eigenvalue weighted by molar-refractivity contribution is 0.102. The van der Waals surface area contributed by atoms with Gasteiger partial charge in [0.05, 0.1) is 5.69 Å². The van der Waals surface area contributed by atoms with E-state index >= 15 is 0 Å². The van der Waals surface area contributed by atoms with Crippen LogP contribution in [-0.2, 0) is 12.8 Å². The number of amides is 1. The molecule has 0 fully saturated rings. The number of aryl methyl sites for hydroxylation is 2. The summed E-state index contributed by atoms with van der Waals surface area (Å²) < 4.78 is 12.8. The van der Waals surface area contributed by atoms with Gasteiger partial charge in [0.2, 0.25) is 0 Å². The SMILES string of the molecule is Cl.O=C(Nc1nc2c(s1)CCCC2)c1ccc(F)cc1. The van der Waals surface area contributed by atoms with Gasteiger partial charge in [-0.05, 0) is 49.9 Å². The van der Waals surface area contributed by atoms with E-state index in [-0.39, 0.29) is 24.1 Å². The smallest absolute Gasteiger partial charge is 0.257 e. The van der Waals surface area contributed by atoms with Crippen molar-refractivity contribution in [3.8, 4) is 0 Å². The van der Waals surface area contributed by atoms with Crippen LogP contribution in [0.25, 0.3) is 0 Å². The zero-order chi connectivity index (χ0) is 13.2. The number of nitrogens with zero attached hydrogens (tertiary/aromatic N) is 1. The second-order valence-corrected chi connectivity index (χ2v) is 5.64. The van der Waals surface area contributed by atoms with Gasteiger partial charge in [0.1, 0.15) is 5.82 Å². The standard InChI is InChI=1S/C14H13FN2OS.ClH/c15-10-7-5-9(6-8-10)13(18)17-14-16-11-3-1-2-4-12(11)19-14;/h5-8H,1-4H2,(H,16,17,18);1H. The van der Waals surface area contributed by atoms with Gasteiger partial charge in [0, 0.05) is 10.4 Å². The van der Waals surface area contributed by atoms with Crippen molar-refractivity contribution < 1.29 is 9.18 Å². The number of halogens is 2. The third-order valence-electron chi connectivity index (χ3n) is 3.17. The first-order chi connectivity index (χ1) is 9.22. The number of benzene rings is 1. The van der Waals surface area contributed by atoms with Crippen molar-refractivity contribution in [2.24, 2.45) is 0 Å². The van der Waals surface area contributed by atoms with Crippen molar-refractivity contribution in [2.75, 3.05) is 5.32 Å². The average Bonchev–Trinajstić information content (AvgIpc) is 2.81. The summed E-state index contributed by atoms with van der Waals surface area (Å²) in [5.74, 6) is -0.590. The topological polar surface area (TPSA) is 42.0 Å². The van der Waals surface area contributed by atoms with Gasteiger partial charge >= 0.3 is 0 Å². The van der Waals surface area contributed by atoms with Gasteiger partial charge in [-0.2, -0.15) is 0 Å². The molecule has 0 bridgehead atoms. The summed E-state index contributed by atoms with van der Waals surface area (Å²) in [4.78, 5) is 17.7. The van der Waals surface area contributed by atoms with Crippen molar-refractivity contribution in [1.82, 2.24) is 4.98 Å². The number of carbonyl (C=O) groups is 1. The van der Waals surface area contributed by atoms with Crippen molar-refractivity contribution in [3.05, 3.63) is 46.2 Å². The highest BCUT2D eigenvalue weighted by atomic mass is 35.5. The first-order valence-electron chi connectivity index (χ1n) is 6.28. The predicted molar refractivity (Wildman–Crippen MR) is 80.4 cm³/mol. The van der Waals surface area contributed by atoms with Gasteiger partial charge in [-0.1, -0.05) is 0 Å². The molecule has 0 spiro atoms. The van der Waals surface area contributed by atoms with Crippen LogP contribution in [0, 0.1) is 5.82 Å². The molecule has 3 nitrogen and oxygen atoms in total. The Morgan fingerprint density at radius 2 is 1.90 bits per heavy atom. The van der Waals surface area contributed by atoms with E-state index in [0.717, 1.165) is 18.5 Å². The number of hydrogen-bond donors (Lipinski definition) is 1. The number of nitrogens with one attached hydrogen (secondary N) is 1. The summed E-state index contributed by atoms with van der Waals surface area (Å²) in [6.45, 7) is 0. The van der Waals surface area contributed by atoms with Gasteiger partial charge < -0.3 is 0 Å². The van der Waals surface area contributed by atoms with Crippen LogP contribution in [0.1, 0.15) is 33.8 Å². The number of carbonyl (C=O) groups excluding carboxylic acids is 1. The summed E-state index contributed by atoms with van der Waals surface area (Å²) in [7, 11) is 0. The Kier molecular flexibility index (Phi) is 4.73.